The minimum atomic E-state index is -1.47. The van der Waals surface area contributed by atoms with E-state index in [4.69, 9.17) is 28.4 Å². The van der Waals surface area contributed by atoms with E-state index >= 15 is 0 Å². The molecule has 0 aliphatic heterocycles. The summed E-state index contributed by atoms with van der Waals surface area (Å²) in [6.07, 6.45) is 16.4. The van der Waals surface area contributed by atoms with Crippen LogP contribution in [0.15, 0.2) is 85.0 Å². The number of esters is 4. The average Bonchev–Trinajstić information content (AvgIpc) is 3.24. The van der Waals surface area contributed by atoms with Gasteiger partial charge in [0.2, 0.25) is 11.6 Å². The van der Waals surface area contributed by atoms with Crippen LogP contribution >= 0.6 is 0 Å². The van der Waals surface area contributed by atoms with E-state index in [9.17, 15) is 28.0 Å². The van der Waals surface area contributed by atoms with Crippen LogP contribution in [-0.2, 0) is 19.1 Å². The molecule has 12 heteroatoms. The van der Waals surface area contributed by atoms with Crippen molar-refractivity contribution >= 4 is 23.9 Å². The van der Waals surface area contributed by atoms with Gasteiger partial charge in [0.25, 0.3) is 0 Å². The van der Waals surface area contributed by atoms with Crippen LogP contribution in [0.25, 0.3) is 0 Å². The molecule has 326 valence electrons. The predicted octanol–water partition coefficient (Wildman–Crippen LogP) is 11.6. The largest absolute Gasteiger partial charge is 0.494 e. The summed E-state index contributed by atoms with van der Waals surface area (Å²) in [7, 11) is 0. The van der Waals surface area contributed by atoms with Crippen molar-refractivity contribution in [2.75, 3.05) is 26.4 Å². The number of carbonyl (C=O) groups excluding carboxylic acids is 4. The molecule has 0 saturated heterocycles. The van der Waals surface area contributed by atoms with E-state index in [2.05, 4.69) is 13.2 Å². The zero-order valence-corrected chi connectivity index (χ0v) is 35.2. The van der Waals surface area contributed by atoms with E-state index in [-0.39, 0.29) is 23.1 Å². The summed E-state index contributed by atoms with van der Waals surface area (Å²) in [4.78, 5) is 48.1. The zero-order chi connectivity index (χ0) is 43.5. The number of hydrogen-bond donors (Lipinski definition) is 0. The van der Waals surface area contributed by atoms with Gasteiger partial charge in [0.05, 0.1) is 37.6 Å². The molecule has 0 aliphatic carbocycles. The third kappa shape index (κ3) is 19.0. The maximum Gasteiger partial charge on any atom is 0.343 e. The van der Waals surface area contributed by atoms with Crippen LogP contribution < -0.4 is 18.9 Å². The minimum Gasteiger partial charge on any atom is -0.494 e. The lowest BCUT2D eigenvalue weighted by atomic mass is 10.1. The molecule has 0 saturated carbocycles. The highest BCUT2D eigenvalue weighted by molar-refractivity contribution is 5.92. The number of hydrogen-bond acceptors (Lipinski definition) is 10. The Kier molecular flexibility index (Phi) is 22.8. The third-order valence-electron chi connectivity index (χ3n) is 9.37. The number of halogens is 2. The van der Waals surface area contributed by atoms with Crippen molar-refractivity contribution < 1.29 is 56.4 Å². The van der Waals surface area contributed by atoms with Gasteiger partial charge in [0.15, 0.2) is 11.5 Å². The van der Waals surface area contributed by atoms with Crippen LogP contribution in [0.1, 0.15) is 137 Å². The first-order valence-electron chi connectivity index (χ1n) is 21.0. The van der Waals surface area contributed by atoms with Crippen molar-refractivity contribution in [1.82, 2.24) is 0 Å². The van der Waals surface area contributed by atoms with Gasteiger partial charge in [0, 0.05) is 11.1 Å². The van der Waals surface area contributed by atoms with Gasteiger partial charge in [-0.05, 0) is 100 Å². The quantitative estimate of drug-likeness (QED) is 0.0277. The molecular weight excluding hydrogens is 775 g/mol. The molecule has 0 fully saturated rings. The van der Waals surface area contributed by atoms with Crippen molar-refractivity contribution in [1.29, 1.82) is 0 Å². The Balaban J connectivity index is 1.28. The first-order valence-corrected chi connectivity index (χ1v) is 21.0. The van der Waals surface area contributed by atoms with Crippen LogP contribution in [-0.4, -0.2) is 50.3 Å². The fourth-order valence-electron chi connectivity index (χ4n) is 5.85. The third-order valence-corrected chi connectivity index (χ3v) is 9.37. The highest BCUT2D eigenvalue weighted by Crippen LogP contribution is 2.29. The molecule has 3 rings (SSSR count). The van der Waals surface area contributed by atoms with E-state index in [1.54, 1.807) is 38.1 Å². The fraction of sp³-hybridized carbons (Fsp3) is 0.458. The second-order valence-corrected chi connectivity index (χ2v) is 14.7. The number of unbranched alkanes of at least 4 members (excludes halogenated alkanes) is 14. The summed E-state index contributed by atoms with van der Waals surface area (Å²) in [5, 5.41) is 0. The molecule has 0 bridgehead atoms. The molecule has 3 aromatic rings. The van der Waals surface area contributed by atoms with Crippen molar-refractivity contribution in [2.45, 2.75) is 117 Å². The minimum absolute atomic E-state index is 0.111. The molecule has 3 aromatic carbocycles. The Hall–Kier alpha value is -5.52. The molecule has 0 aliphatic rings. The lowest BCUT2D eigenvalue weighted by Gasteiger charge is -2.11. The Morgan fingerprint density at radius 1 is 0.433 bits per heavy atom. The van der Waals surface area contributed by atoms with E-state index in [1.165, 1.54) is 24.3 Å². The summed E-state index contributed by atoms with van der Waals surface area (Å²) in [6, 6.07) is 14.3. The Morgan fingerprint density at radius 3 is 1.02 bits per heavy atom. The van der Waals surface area contributed by atoms with Crippen LogP contribution in [0, 0.1) is 11.6 Å². The SMILES string of the molecule is C=C(C)C(=O)OCCCCCCCCCCOc1ccc(C(=O)Oc2ccc(OC(=O)c3ccc(OCCCCCCCCCCOC(=O)C(=C)C)cc3)c(F)c2F)cc1. The van der Waals surface area contributed by atoms with Gasteiger partial charge in [-0.25, -0.2) is 19.2 Å². The zero-order valence-electron chi connectivity index (χ0n) is 35.2. The smallest absolute Gasteiger partial charge is 0.343 e. The summed E-state index contributed by atoms with van der Waals surface area (Å²) in [6.45, 7) is 12.3. The van der Waals surface area contributed by atoms with Gasteiger partial charge < -0.3 is 28.4 Å². The van der Waals surface area contributed by atoms with E-state index < -0.39 is 35.1 Å². The lowest BCUT2D eigenvalue weighted by molar-refractivity contribution is -0.139. The van der Waals surface area contributed by atoms with Crippen LogP contribution in [0.5, 0.6) is 23.0 Å². The topological polar surface area (TPSA) is 124 Å². The summed E-state index contributed by atoms with van der Waals surface area (Å²) in [5.74, 6) is -5.61. The van der Waals surface area contributed by atoms with Gasteiger partial charge in [-0.3, -0.25) is 0 Å². The monoisotopic (exact) mass is 834 g/mol. The summed E-state index contributed by atoms with van der Waals surface area (Å²) < 4.78 is 61.8. The first-order chi connectivity index (χ1) is 29.0. The van der Waals surface area contributed by atoms with Crippen molar-refractivity contribution in [3.8, 4) is 23.0 Å². The van der Waals surface area contributed by atoms with E-state index in [1.807, 2.05) is 0 Å². The molecule has 0 spiro atoms. The molecule has 0 atom stereocenters. The Bertz CT molecular complexity index is 1690. The van der Waals surface area contributed by atoms with Crippen molar-refractivity contribution in [3.63, 3.8) is 0 Å². The van der Waals surface area contributed by atoms with Gasteiger partial charge in [0.1, 0.15) is 11.5 Å². The van der Waals surface area contributed by atoms with E-state index in [0.29, 0.717) is 49.1 Å². The number of benzene rings is 3. The molecule has 0 amide bonds. The second-order valence-electron chi connectivity index (χ2n) is 14.7. The Labute approximate surface area is 353 Å². The number of carbonyl (C=O) groups is 4. The molecule has 0 unspecified atom stereocenters. The van der Waals surface area contributed by atoms with Crippen molar-refractivity contribution in [2.24, 2.45) is 0 Å². The molecule has 0 heterocycles. The molecule has 0 N–H and O–H groups in total. The summed E-state index contributed by atoms with van der Waals surface area (Å²) >= 11 is 0. The normalized spacial score (nSPS) is 10.7. The average molecular weight is 835 g/mol. The van der Waals surface area contributed by atoms with Crippen molar-refractivity contribution in [3.05, 3.63) is 108 Å². The molecule has 60 heavy (non-hydrogen) atoms. The van der Waals surface area contributed by atoms with Crippen LogP contribution in [0.4, 0.5) is 8.78 Å². The Morgan fingerprint density at radius 2 is 0.717 bits per heavy atom. The highest BCUT2D eigenvalue weighted by atomic mass is 19.2. The van der Waals surface area contributed by atoms with Gasteiger partial charge in [-0.15, -0.1) is 0 Å². The summed E-state index contributed by atoms with van der Waals surface area (Å²) in [5.41, 5.74) is 1.05. The van der Waals surface area contributed by atoms with Crippen LogP contribution in [0.3, 0.4) is 0 Å². The maximum absolute atomic E-state index is 14.9. The fourth-order valence-corrected chi connectivity index (χ4v) is 5.85. The number of rotatable bonds is 30. The van der Waals surface area contributed by atoms with Crippen LogP contribution in [0.2, 0.25) is 0 Å². The first kappa shape index (κ1) is 48.8. The lowest BCUT2D eigenvalue weighted by Crippen LogP contribution is -2.12. The molecule has 10 nitrogen and oxygen atoms in total. The second kappa shape index (κ2) is 28.0. The van der Waals surface area contributed by atoms with Gasteiger partial charge >= 0.3 is 23.9 Å². The molecule has 0 radical (unpaired) electrons. The molecular formula is C48H60F2O10. The highest BCUT2D eigenvalue weighted by Gasteiger charge is 2.21. The van der Waals surface area contributed by atoms with Gasteiger partial charge in [-0.1, -0.05) is 90.2 Å². The van der Waals surface area contributed by atoms with Gasteiger partial charge in [-0.2, -0.15) is 8.78 Å². The standard InChI is InChI=1S/C48H60F2O10/c1-35(2)45(51)57-33-19-15-11-7-5-9-13-17-31-55-39-25-21-37(22-26-39)47(53)59-41-29-30-42(44(50)43(41)49)60-48(54)38-23-27-40(28-24-38)56-32-18-14-10-6-8-12-16-20-34-58-46(52)36(3)4/h21-30H,1,3,5-20,31-34H2,2,4H3. The predicted molar refractivity (Wildman–Crippen MR) is 226 cm³/mol. The van der Waals surface area contributed by atoms with E-state index in [0.717, 1.165) is 115 Å². The maximum atomic E-state index is 14.9. The molecule has 0 aromatic heterocycles. The number of ether oxygens (including phenoxy) is 6.